The number of fused-ring (bicyclic) bond motifs is 3. The molecule has 30 heavy (non-hydrogen) atoms. The Balaban J connectivity index is 1.60. The summed E-state index contributed by atoms with van der Waals surface area (Å²) in [6.07, 6.45) is 3.24. The molecule has 0 spiro atoms. The first-order chi connectivity index (χ1) is 14.4. The summed E-state index contributed by atoms with van der Waals surface area (Å²) in [5.41, 5.74) is 2.31. The van der Waals surface area contributed by atoms with Gasteiger partial charge >= 0.3 is 0 Å². The van der Waals surface area contributed by atoms with E-state index in [0.717, 1.165) is 5.56 Å². The second-order valence-electron chi connectivity index (χ2n) is 7.56. The third-order valence-corrected chi connectivity index (χ3v) is 6.23. The van der Waals surface area contributed by atoms with Gasteiger partial charge in [0.05, 0.1) is 23.8 Å². The highest BCUT2D eigenvalue weighted by molar-refractivity contribution is 7.63. The van der Waals surface area contributed by atoms with E-state index >= 15 is 8.78 Å². The molecule has 0 saturated carbocycles. The van der Waals surface area contributed by atoms with Gasteiger partial charge in [-0.05, 0) is 18.1 Å². The lowest BCUT2D eigenvalue weighted by Gasteiger charge is -2.39. The minimum absolute atomic E-state index is 0.121. The Kier molecular flexibility index (Phi) is 4.48. The summed E-state index contributed by atoms with van der Waals surface area (Å²) < 4.78 is 55.5. The maximum absolute atomic E-state index is 15.4. The molecule has 7 nitrogen and oxygen atoms in total. The van der Waals surface area contributed by atoms with Gasteiger partial charge in [0.25, 0.3) is 16.2 Å². The molecule has 0 bridgehead atoms. The van der Waals surface area contributed by atoms with Crippen molar-refractivity contribution in [2.24, 2.45) is 0 Å². The number of imidazole rings is 1. The van der Waals surface area contributed by atoms with Gasteiger partial charge in [-0.3, -0.25) is 4.90 Å². The van der Waals surface area contributed by atoms with Crippen LogP contribution in [-0.4, -0.2) is 51.8 Å². The second-order valence-corrected chi connectivity index (χ2v) is 8.41. The van der Waals surface area contributed by atoms with E-state index in [4.69, 9.17) is 0 Å². The SMILES string of the molecule is O=S(=O)=c1[nH]c2cnc3[nH]ccc3c2n1C1CCN(Cc2ccccc2)CC1(F)F. The van der Waals surface area contributed by atoms with Gasteiger partial charge < -0.3 is 14.5 Å². The summed E-state index contributed by atoms with van der Waals surface area (Å²) in [5.74, 6) is -3.12. The van der Waals surface area contributed by atoms with Crippen LogP contribution in [0.25, 0.3) is 22.1 Å². The van der Waals surface area contributed by atoms with Crippen LogP contribution < -0.4 is 0 Å². The molecule has 0 radical (unpaired) electrons. The van der Waals surface area contributed by atoms with Crippen molar-refractivity contribution in [3.05, 3.63) is 59.1 Å². The molecule has 156 valence electrons. The van der Waals surface area contributed by atoms with Crippen molar-refractivity contribution in [2.45, 2.75) is 24.9 Å². The average Bonchev–Trinajstić information content (AvgIpc) is 3.32. The van der Waals surface area contributed by atoms with Gasteiger partial charge in [0.2, 0.25) is 4.77 Å². The fourth-order valence-corrected chi connectivity index (χ4v) is 4.91. The molecule has 0 amide bonds. The Morgan fingerprint density at radius 2 is 2.00 bits per heavy atom. The number of halogens is 2. The summed E-state index contributed by atoms with van der Waals surface area (Å²) in [7, 11) is -2.71. The number of pyridine rings is 1. The fourth-order valence-electron chi connectivity index (χ4n) is 4.33. The zero-order valence-corrected chi connectivity index (χ0v) is 16.7. The number of piperidine rings is 1. The lowest BCUT2D eigenvalue weighted by molar-refractivity contribution is -0.105. The smallest absolute Gasteiger partial charge is 0.280 e. The fraction of sp³-hybridized carbons (Fsp3) is 0.300. The summed E-state index contributed by atoms with van der Waals surface area (Å²) in [6.45, 7) is 0.410. The second kappa shape index (κ2) is 7.06. The molecule has 1 aliphatic heterocycles. The molecule has 4 aromatic rings. The quantitative estimate of drug-likeness (QED) is 0.487. The zero-order valence-electron chi connectivity index (χ0n) is 15.8. The van der Waals surface area contributed by atoms with Gasteiger partial charge in [0.15, 0.2) is 0 Å². The highest BCUT2D eigenvalue weighted by Gasteiger charge is 2.46. The van der Waals surface area contributed by atoms with E-state index in [1.165, 1.54) is 10.8 Å². The normalized spacial score (nSPS) is 19.5. The maximum atomic E-state index is 15.4. The van der Waals surface area contributed by atoms with Crippen LogP contribution in [0.5, 0.6) is 0 Å². The molecule has 5 rings (SSSR count). The number of hydrogen-bond donors (Lipinski definition) is 2. The summed E-state index contributed by atoms with van der Waals surface area (Å²) >= 11 is 0. The lowest BCUT2D eigenvalue weighted by Crippen LogP contribution is -2.48. The molecule has 0 aliphatic carbocycles. The number of nitrogens with zero attached hydrogens (tertiary/aromatic N) is 3. The number of aromatic nitrogens is 4. The first kappa shape index (κ1) is 19.0. The highest BCUT2D eigenvalue weighted by Crippen LogP contribution is 2.40. The number of nitrogens with one attached hydrogen (secondary N) is 2. The van der Waals surface area contributed by atoms with Crippen molar-refractivity contribution in [1.82, 2.24) is 24.4 Å². The molecule has 1 fully saturated rings. The summed E-state index contributed by atoms with van der Waals surface area (Å²) in [6, 6.07) is 9.91. The van der Waals surface area contributed by atoms with E-state index in [1.54, 1.807) is 17.2 Å². The largest absolute Gasteiger partial charge is 0.346 e. The third-order valence-electron chi connectivity index (χ3n) is 5.62. The standard InChI is InChI=1S/C20H19F2N5O2S/c21-20(22)12-26(11-13-4-2-1-3-5-13)9-7-16(20)27-17-14-6-8-23-18(14)24-10-15(17)25-19(27)30(28)29/h1-6,8,10,16,25H,7,9,11-12H2,(H,23,24). The predicted octanol–water partition coefficient (Wildman–Crippen LogP) is 3.34. The van der Waals surface area contributed by atoms with Gasteiger partial charge in [0.1, 0.15) is 11.7 Å². The molecule has 4 heterocycles. The number of rotatable bonds is 3. The van der Waals surface area contributed by atoms with Gasteiger partial charge in [-0.1, -0.05) is 30.3 Å². The number of H-pyrrole nitrogens is 2. The Morgan fingerprint density at radius 1 is 1.20 bits per heavy atom. The number of alkyl halides is 2. The topological polar surface area (TPSA) is 86.8 Å². The Labute approximate surface area is 171 Å². The zero-order chi connectivity index (χ0) is 20.9. The number of hydrogen-bond acceptors (Lipinski definition) is 4. The van der Waals surface area contributed by atoms with E-state index < -0.39 is 28.8 Å². The van der Waals surface area contributed by atoms with Crippen LogP contribution >= 0.6 is 0 Å². The lowest BCUT2D eigenvalue weighted by atomic mass is 9.99. The van der Waals surface area contributed by atoms with Gasteiger partial charge in [0, 0.05) is 24.7 Å². The van der Waals surface area contributed by atoms with E-state index in [1.807, 2.05) is 30.3 Å². The van der Waals surface area contributed by atoms with Crippen LogP contribution in [0.1, 0.15) is 18.0 Å². The summed E-state index contributed by atoms with van der Waals surface area (Å²) in [4.78, 5) is 11.6. The van der Waals surface area contributed by atoms with Crippen molar-refractivity contribution in [2.75, 3.05) is 13.1 Å². The van der Waals surface area contributed by atoms with Crippen molar-refractivity contribution in [3.8, 4) is 0 Å². The van der Waals surface area contributed by atoms with Crippen LogP contribution in [0.2, 0.25) is 0 Å². The molecule has 10 heteroatoms. The monoisotopic (exact) mass is 431 g/mol. The molecule has 3 aromatic heterocycles. The average molecular weight is 431 g/mol. The molecule has 1 aliphatic rings. The van der Waals surface area contributed by atoms with Crippen LogP contribution in [-0.2, 0) is 16.8 Å². The maximum Gasteiger partial charge on any atom is 0.280 e. The molecule has 1 atom stereocenters. The minimum Gasteiger partial charge on any atom is -0.346 e. The van der Waals surface area contributed by atoms with Gasteiger partial charge in [-0.25, -0.2) is 13.8 Å². The Morgan fingerprint density at radius 3 is 2.73 bits per heavy atom. The minimum atomic E-state index is -3.12. The number of benzene rings is 1. The van der Waals surface area contributed by atoms with Crippen LogP contribution in [0.3, 0.4) is 0 Å². The van der Waals surface area contributed by atoms with E-state index in [9.17, 15) is 8.42 Å². The molecule has 1 aromatic carbocycles. The van der Waals surface area contributed by atoms with Crippen LogP contribution in [0.15, 0.2) is 48.8 Å². The van der Waals surface area contributed by atoms with Crippen molar-refractivity contribution in [1.29, 1.82) is 0 Å². The van der Waals surface area contributed by atoms with Crippen molar-refractivity contribution < 1.29 is 17.2 Å². The van der Waals surface area contributed by atoms with Crippen molar-refractivity contribution >= 4 is 32.4 Å². The summed E-state index contributed by atoms with van der Waals surface area (Å²) in [5, 5.41) is 0.600. The Hall–Kier alpha value is -2.98. The molecular weight excluding hydrogens is 412 g/mol. The van der Waals surface area contributed by atoms with E-state index in [-0.39, 0.29) is 11.2 Å². The number of likely N-dealkylation sites (tertiary alicyclic amines) is 1. The van der Waals surface area contributed by atoms with Gasteiger partial charge in [-0.15, -0.1) is 0 Å². The first-order valence-corrected chi connectivity index (χ1v) is 10.6. The molecule has 2 N–H and O–H groups in total. The third kappa shape index (κ3) is 3.12. The molecule has 1 saturated heterocycles. The van der Waals surface area contributed by atoms with Crippen LogP contribution in [0, 0.1) is 4.77 Å². The van der Waals surface area contributed by atoms with Crippen LogP contribution in [0.4, 0.5) is 8.78 Å². The Bertz CT molecular complexity index is 1400. The highest BCUT2D eigenvalue weighted by atomic mass is 32.2. The van der Waals surface area contributed by atoms with Gasteiger partial charge in [-0.2, -0.15) is 8.42 Å². The predicted molar refractivity (Wildman–Crippen MR) is 108 cm³/mol. The molecular formula is C20H19F2N5O2S. The number of aromatic amines is 2. The molecule has 1 unspecified atom stereocenters. The first-order valence-electron chi connectivity index (χ1n) is 9.57. The van der Waals surface area contributed by atoms with E-state index in [0.29, 0.717) is 35.2 Å². The van der Waals surface area contributed by atoms with E-state index in [2.05, 4.69) is 15.0 Å². The van der Waals surface area contributed by atoms with Crippen molar-refractivity contribution in [3.63, 3.8) is 0 Å².